The van der Waals surface area contributed by atoms with E-state index < -0.39 is 0 Å². The minimum absolute atomic E-state index is 0.374. The fourth-order valence-electron chi connectivity index (χ4n) is 20.8. The Kier molecular flexibility index (Phi) is 6.93. The first-order valence-corrected chi connectivity index (χ1v) is 26.2. The molecule has 304 valence electrons. The van der Waals surface area contributed by atoms with Gasteiger partial charge in [0.1, 0.15) is 0 Å². The molecule has 0 radical (unpaired) electrons. The van der Waals surface area contributed by atoms with Crippen molar-refractivity contribution >= 4 is 45.9 Å². The van der Waals surface area contributed by atoms with Crippen molar-refractivity contribution in [3.05, 3.63) is 64.2 Å². The summed E-state index contributed by atoms with van der Waals surface area (Å²) in [5, 5.41) is 0. The Morgan fingerprint density at radius 3 is 1.17 bits per heavy atom. The lowest BCUT2D eigenvalue weighted by molar-refractivity contribution is -0.00308. The molecule has 4 aliphatic heterocycles. The van der Waals surface area contributed by atoms with E-state index in [0.717, 1.165) is 88.8 Å². The molecule has 3 aromatic rings. The molecule has 12 aliphatic carbocycles. The highest BCUT2D eigenvalue weighted by molar-refractivity contribution is 7.00. The molecule has 4 heterocycles. The van der Waals surface area contributed by atoms with E-state index in [1.165, 1.54) is 129 Å². The molecular weight excluding hydrogens is 711 g/mol. The second-order valence-electron chi connectivity index (χ2n) is 24.6. The monoisotopic (exact) mass is 779 g/mol. The summed E-state index contributed by atoms with van der Waals surface area (Å²) in [6.45, 7) is 2.79. The smallest absolute Gasteiger partial charge is 0.252 e. The number of hydrogen-bond acceptors (Lipinski definition) is 2. The van der Waals surface area contributed by atoms with Gasteiger partial charge in [0.2, 0.25) is 0 Å². The topological polar surface area (TPSA) is 6.48 Å². The van der Waals surface area contributed by atoms with Gasteiger partial charge in [0.05, 0.1) is 0 Å². The molecule has 0 atom stereocenters. The van der Waals surface area contributed by atoms with Gasteiger partial charge in [-0.15, -0.1) is 0 Å². The van der Waals surface area contributed by atoms with E-state index in [0.29, 0.717) is 6.71 Å². The maximum atomic E-state index is 3.01. The van der Waals surface area contributed by atoms with Crippen LogP contribution in [0.15, 0.2) is 36.4 Å². The Bertz CT molecular complexity index is 2080. The van der Waals surface area contributed by atoms with Crippen molar-refractivity contribution < 1.29 is 0 Å². The molecule has 0 spiro atoms. The van der Waals surface area contributed by atoms with Crippen molar-refractivity contribution in [3.8, 4) is 0 Å². The normalized spacial score (nSPS) is 43.1. The molecule has 0 N–H and O–H groups in total. The average molecular weight is 779 g/mol. The van der Waals surface area contributed by atoms with E-state index in [9.17, 15) is 0 Å². The summed E-state index contributed by atoms with van der Waals surface area (Å²) in [4.78, 5) is 6.03. The molecule has 0 saturated heterocycles. The summed E-state index contributed by atoms with van der Waals surface area (Å²) in [5.41, 5.74) is 20.9. The number of rotatable bonds is 3. The standard InChI is InChI=1S/C56H67BN2/c1-3-11-58-49-28-42(51-36-16-30-13-31(18-36)19-37(51)17-30)29-50-54(49)57(47-9-7-43(45(5-1)55(47)58)52-38-20-32-14-33(22-38)23-39(52)21-32)48-10-8-44(46-6-2-4-12-59(50)56(46)48)53-40-24-34-15-35(26-40)27-41(53)25-34/h7-10,28-41,51-53H,1-6,11-27H2. The van der Waals surface area contributed by atoms with Crippen molar-refractivity contribution in [2.45, 2.75) is 153 Å². The molecule has 12 saturated carbocycles. The summed E-state index contributed by atoms with van der Waals surface area (Å²) in [6.07, 6.45) is 30.9. The first-order valence-electron chi connectivity index (χ1n) is 26.2. The van der Waals surface area contributed by atoms with Gasteiger partial charge in [0.15, 0.2) is 0 Å². The SMILES string of the molecule is c1cc(C2C3CC4CC(C3)CC2C4)c2c3c1B1c4ccc(C5C6CC7CC(C6)CC5C7)c5c4N(CCCC5)c4cc(C5C6CC7CC(C6)CC5C7)cc(c41)N3CCCC2. The summed E-state index contributed by atoms with van der Waals surface area (Å²) in [7, 11) is 0. The maximum absolute atomic E-state index is 3.01. The molecular formula is C56H67BN2. The van der Waals surface area contributed by atoms with E-state index in [1.54, 1.807) is 64.0 Å². The van der Waals surface area contributed by atoms with Crippen LogP contribution in [0.25, 0.3) is 0 Å². The zero-order valence-corrected chi connectivity index (χ0v) is 35.9. The van der Waals surface area contributed by atoms with Crippen LogP contribution in [0.1, 0.15) is 168 Å². The van der Waals surface area contributed by atoms with Gasteiger partial charge in [-0.05, 0) is 280 Å². The van der Waals surface area contributed by atoms with Crippen LogP contribution in [0.5, 0.6) is 0 Å². The third-order valence-corrected chi connectivity index (χ3v) is 21.8. The molecule has 19 rings (SSSR count). The average Bonchev–Trinajstić information content (AvgIpc) is 3.59. The second-order valence-corrected chi connectivity index (χ2v) is 24.6. The highest BCUT2D eigenvalue weighted by atomic mass is 15.2. The van der Waals surface area contributed by atoms with Gasteiger partial charge in [-0.25, -0.2) is 0 Å². The van der Waals surface area contributed by atoms with Crippen molar-refractivity contribution in [3.63, 3.8) is 0 Å². The van der Waals surface area contributed by atoms with Gasteiger partial charge in [0, 0.05) is 35.8 Å². The molecule has 3 heteroatoms. The molecule has 59 heavy (non-hydrogen) atoms. The van der Waals surface area contributed by atoms with Crippen molar-refractivity contribution in [2.75, 3.05) is 22.9 Å². The number of benzene rings is 3. The van der Waals surface area contributed by atoms with E-state index in [4.69, 9.17) is 0 Å². The van der Waals surface area contributed by atoms with Gasteiger partial charge >= 0.3 is 0 Å². The van der Waals surface area contributed by atoms with E-state index in [-0.39, 0.29) is 0 Å². The number of fused-ring (bicyclic) bond motifs is 4. The summed E-state index contributed by atoms with van der Waals surface area (Å²) in [6, 6.07) is 16.9. The lowest BCUT2D eigenvalue weighted by atomic mass is 9.33. The third kappa shape index (κ3) is 4.58. The van der Waals surface area contributed by atoms with Gasteiger partial charge in [-0.1, -0.05) is 24.3 Å². The largest absolute Gasteiger partial charge is 0.342 e. The van der Waals surface area contributed by atoms with Gasteiger partial charge < -0.3 is 9.80 Å². The van der Waals surface area contributed by atoms with E-state index in [1.807, 2.05) is 22.3 Å². The summed E-state index contributed by atoms with van der Waals surface area (Å²) < 4.78 is 0. The number of nitrogens with zero attached hydrogens (tertiary/aromatic N) is 2. The number of anilines is 4. The third-order valence-electron chi connectivity index (χ3n) is 21.8. The predicted molar refractivity (Wildman–Crippen MR) is 243 cm³/mol. The highest BCUT2D eigenvalue weighted by Gasteiger charge is 2.54. The fourth-order valence-corrected chi connectivity index (χ4v) is 20.8. The van der Waals surface area contributed by atoms with E-state index in [2.05, 4.69) is 46.2 Å². The number of hydrogen-bond donors (Lipinski definition) is 0. The van der Waals surface area contributed by atoms with Crippen LogP contribution in [-0.4, -0.2) is 19.8 Å². The van der Waals surface area contributed by atoms with Crippen LogP contribution < -0.4 is 26.2 Å². The fraction of sp³-hybridized carbons (Fsp3) is 0.679. The Labute approximate surface area is 355 Å². The van der Waals surface area contributed by atoms with Gasteiger partial charge in [-0.3, -0.25) is 0 Å². The summed E-state index contributed by atoms with van der Waals surface area (Å²) in [5.74, 6) is 14.3. The zero-order chi connectivity index (χ0) is 37.8. The Hall–Kier alpha value is -2.68. The molecule has 3 aromatic carbocycles. The van der Waals surface area contributed by atoms with Crippen molar-refractivity contribution in [2.24, 2.45) is 71.0 Å². The van der Waals surface area contributed by atoms with Crippen LogP contribution in [0.2, 0.25) is 0 Å². The Morgan fingerprint density at radius 1 is 0.407 bits per heavy atom. The van der Waals surface area contributed by atoms with Crippen LogP contribution >= 0.6 is 0 Å². The first kappa shape index (κ1) is 33.9. The van der Waals surface area contributed by atoms with Crippen LogP contribution in [-0.2, 0) is 12.8 Å². The molecule has 16 aliphatic rings. The van der Waals surface area contributed by atoms with Crippen molar-refractivity contribution in [1.82, 2.24) is 0 Å². The van der Waals surface area contributed by atoms with Crippen LogP contribution in [0, 0.1) is 71.0 Å². The molecule has 2 nitrogen and oxygen atoms in total. The quantitative estimate of drug-likeness (QED) is 0.244. The minimum Gasteiger partial charge on any atom is -0.342 e. The maximum Gasteiger partial charge on any atom is 0.252 e. The lowest BCUT2D eigenvalue weighted by Gasteiger charge is -2.56. The molecule has 0 aromatic heterocycles. The molecule has 0 amide bonds. The first-order chi connectivity index (χ1) is 29.1. The molecule has 12 bridgehead atoms. The van der Waals surface area contributed by atoms with E-state index >= 15 is 0 Å². The summed E-state index contributed by atoms with van der Waals surface area (Å²) >= 11 is 0. The Balaban J connectivity index is 0.922. The zero-order valence-electron chi connectivity index (χ0n) is 35.9. The van der Waals surface area contributed by atoms with Gasteiger partial charge in [-0.2, -0.15) is 0 Å². The Morgan fingerprint density at radius 2 is 0.780 bits per heavy atom. The van der Waals surface area contributed by atoms with Crippen molar-refractivity contribution in [1.29, 1.82) is 0 Å². The lowest BCUT2D eigenvalue weighted by Crippen LogP contribution is -2.63. The molecule has 12 fully saturated rings. The highest BCUT2D eigenvalue weighted by Crippen LogP contribution is 2.64. The molecule has 0 unspecified atom stereocenters. The van der Waals surface area contributed by atoms with Crippen LogP contribution in [0.3, 0.4) is 0 Å². The van der Waals surface area contributed by atoms with Crippen LogP contribution in [0.4, 0.5) is 22.7 Å². The van der Waals surface area contributed by atoms with Gasteiger partial charge in [0.25, 0.3) is 6.71 Å². The predicted octanol–water partition coefficient (Wildman–Crippen LogP) is 11.4. The second kappa shape index (κ2) is 12.1. The minimum atomic E-state index is 0.374.